The second-order valence-electron chi connectivity index (χ2n) is 3.67. The van der Waals surface area contributed by atoms with Gasteiger partial charge >= 0.3 is 0 Å². The Kier molecular flexibility index (Phi) is 5.19. The number of nitrogens with two attached hydrogens (primary N) is 1. The van der Waals surface area contributed by atoms with Gasteiger partial charge in [-0.1, -0.05) is 6.92 Å². The van der Waals surface area contributed by atoms with Crippen molar-refractivity contribution in [3.8, 4) is 0 Å². The summed E-state index contributed by atoms with van der Waals surface area (Å²) in [5.74, 6) is 1.00. The first-order chi connectivity index (χ1) is 8.17. The summed E-state index contributed by atoms with van der Waals surface area (Å²) in [6, 6.07) is 0. The van der Waals surface area contributed by atoms with E-state index in [1.54, 1.807) is 17.3 Å². The van der Waals surface area contributed by atoms with Crippen molar-refractivity contribution in [2.75, 3.05) is 29.9 Å². The van der Waals surface area contributed by atoms with E-state index in [-0.39, 0.29) is 12.5 Å². The Morgan fingerprint density at radius 2 is 2.24 bits per heavy atom. The minimum Gasteiger partial charge on any atom is -0.369 e. The quantitative estimate of drug-likeness (QED) is 0.726. The summed E-state index contributed by atoms with van der Waals surface area (Å²) in [5.41, 5.74) is 5.18. The summed E-state index contributed by atoms with van der Waals surface area (Å²) in [5, 5.41) is 3.15. The number of likely N-dealkylation sites (N-methyl/N-ethyl adjacent to an activating group) is 1. The van der Waals surface area contributed by atoms with Gasteiger partial charge in [-0.3, -0.25) is 9.78 Å². The van der Waals surface area contributed by atoms with E-state index in [0.717, 1.165) is 13.0 Å². The minimum atomic E-state index is -0.374. The Morgan fingerprint density at radius 3 is 2.82 bits per heavy atom. The smallest absolute Gasteiger partial charge is 0.236 e. The van der Waals surface area contributed by atoms with Gasteiger partial charge in [-0.25, -0.2) is 4.98 Å². The molecule has 1 amide bonds. The largest absolute Gasteiger partial charge is 0.369 e. The Morgan fingerprint density at radius 1 is 1.47 bits per heavy atom. The molecule has 6 heteroatoms. The molecule has 1 aromatic heterocycles. The first-order valence-electron chi connectivity index (χ1n) is 5.76. The molecular weight excluding hydrogens is 218 g/mol. The SMILES string of the molecule is CCCNc1cncc(N(CC)CC(N)=O)n1. The lowest BCUT2D eigenvalue weighted by Gasteiger charge is -2.20. The van der Waals surface area contributed by atoms with Gasteiger partial charge in [-0.15, -0.1) is 0 Å². The Bertz CT molecular complexity index is 369. The molecule has 0 aliphatic heterocycles. The fourth-order valence-corrected chi connectivity index (χ4v) is 1.39. The van der Waals surface area contributed by atoms with Crippen molar-refractivity contribution < 1.29 is 4.79 Å². The number of hydrogen-bond acceptors (Lipinski definition) is 5. The van der Waals surface area contributed by atoms with Crippen LogP contribution in [-0.4, -0.2) is 35.5 Å². The number of primary amides is 1. The molecular formula is C11H19N5O. The van der Waals surface area contributed by atoms with Crippen molar-refractivity contribution in [3.05, 3.63) is 12.4 Å². The van der Waals surface area contributed by atoms with Crippen molar-refractivity contribution in [1.29, 1.82) is 0 Å². The molecule has 0 aliphatic carbocycles. The number of amides is 1. The normalized spacial score (nSPS) is 10.0. The Hall–Kier alpha value is -1.85. The van der Waals surface area contributed by atoms with Crippen LogP contribution in [0.3, 0.4) is 0 Å². The van der Waals surface area contributed by atoms with E-state index in [1.165, 1.54) is 0 Å². The predicted octanol–water partition coefficient (Wildman–Crippen LogP) is 0.610. The number of anilines is 2. The molecule has 0 aliphatic rings. The topological polar surface area (TPSA) is 84.1 Å². The maximum absolute atomic E-state index is 10.9. The highest BCUT2D eigenvalue weighted by Gasteiger charge is 2.09. The molecule has 6 nitrogen and oxygen atoms in total. The van der Waals surface area contributed by atoms with E-state index in [2.05, 4.69) is 22.2 Å². The monoisotopic (exact) mass is 237 g/mol. The summed E-state index contributed by atoms with van der Waals surface area (Å²) < 4.78 is 0. The van der Waals surface area contributed by atoms with Crippen LogP contribution in [0.15, 0.2) is 12.4 Å². The standard InChI is InChI=1S/C11H19N5O/c1-3-5-14-10-6-13-7-11(15-10)16(4-2)8-9(12)17/h6-7H,3-5,8H2,1-2H3,(H2,12,17)(H,14,15). The van der Waals surface area contributed by atoms with Gasteiger partial charge in [0.1, 0.15) is 11.6 Å². The van der Waals surface area contributed by atoms with Gasteiger partial charge in [-0.05, 0) is 13.3 Å². The van der Waals surface area contributed by atoms with Gasteiger partial charge in [0.25, 0.3) is 0 Å². The van der Waals surface area contributed by atoms with E-state index in [9.17, 15) is 4.79 Å². The third kappa shape index (κ3) is 4.26. The number of nitrogens with one attached hydrogen (secondary N) is 1. The van der Waals surface area contributed by atoms with Crippen molar-refractivity contribution in [2.45, 2.75) is 20.3 Å². The molecule has 17 heavy (non-hydrogen) atoms. The van der Waals surface area contributed by atoms with Gasteiger partial charge in [0.2, 0.25) is 5.91 Å². The van der Waals surface area contributed by atoms with Crippen LogP contribution in [0.5, 0.6) is 0 Å². The molecule has 94 valence electrons. The van der Waals surface area contributed by atoms with Gasteiger partial charge in [0.05, 0.1) is 18.9 Å². The highest BCUT2D eigenvalue weighted by atomic mass is 16.1. The highest BCUT2D eigenvalue weighted by Crippen LogP contribution is 2.11. The number of carbonyl (C=O) groups is 1. The van der Waals surface area contributed by atoms with Crippen LogP contribution in [-0.2, 0) is 4.79 Å². The van der Waals surface area contributed by atoms with Crippen molar-refractivity contribution in [3.63, 3.8) is 0 Å². The van der Waals surface area contributed by atoms with E-state index in [0.29, 0.717) is 18.2 Å². The molecule has 0 saturated heterocycles. The molecule has 0 fully saturated rings. The summed E-state index contributed by atoms with van der Waals surface area (Å²) in [6.45, 7) is 5.68. The molecule has 0 radical (unpaired) electrons. The average molecular weight is 237 g/mol. The van der Waals surface area contributed by atoms with Crippen LogP contribution in [0, 0.1) is 0 Å². The van der Waals surface area contributed by atoms with Crippen LogP contribution < -0.4 is 16.0 Å². The van der Waals surface area contributed by atoms with E-state index in [1.807, 2.05) is 6.92 Å². The predicted molar refractivity (Wildman–Crippen MR) is 67.9 cm³/mol. The van der Waals surface area contributed by atoms with Gasteiger partial charge < -0.3 is 16.0 Å². The summed E-state index contributed by atoms with van der Waals surface area (Å²) in [4.78, 5) is 21.2. The average Bonchev–Trinajstić information content (AvgIpc) is 2.33. The van der Waals surface area contributed by atoms with Crippen molar-refractivity contribution in [2.24, 2.45) is 5.73 Å². The Labute approximate surface area is 101 Å². The third-order valence-electron chi connectivity index (χ3n) is 2.23. The molecule has 0 atom stereocenters. The zero-order valence-corrected chi connectivity index (χ0v) is 10.3. The van der Waals surface area contributed by atoms with Crippen molar-refractivity contribution >= 4 is 17.5 Å². The number of aromatic nitrogens is 2. The summed E-state index contributed by atoms with van der Waals surface area (Å²) in [6.07, 6.45) is 4.31. The molecule has 0 saturated carbocycles. The minimum absolute atomic E-state index is 0.155. The number of carbonyl (C=O) groups excluding carboxylic acids is 1. The lowest BCUT2D eigenvalue weighted by Crippen LogP contribution is -2.34. The fourth-order valence-electron chi connectivity index (χ4n) is 1.39. The van der Waals surface area contributed by atoms with E-state index < -0.39 is 0 Å². The molecule has 1 rings (SSSR count). The van der Waals surface area contributed by atoms with Crippen LogP contribution in [0.2, 0.25) is 0 Å². The number of rotatable bonds is 7. The van der Waals surface area contributed by atoms with Crippen LogP contribution in [0.1, 0.15) is 20.3 Å². The molecule has 0 spiro atoms. The first kappa shape index (κ1) is 13.2. The molecule has 1 heterocycles. The zero-order valence-electron chi connectivity index (χ0n) is 10.3. The molecule has 1 aromatic rings. The second kappa shape index (κ2) is 6.67. The van der Waals surface area contributed by atoms with E-state index in [4.69, 9.17) is 5.73 Å². The second-order valence-corrected chi connectivity index (χ2v) is 3.67. The molecule has 3 N–H and O–H groups in total. The van der Waals surface area contributed by atoms with Crippen LogP contribution >= 0.6 is 0 Å². The molecule has 0 aromatic carbocycles. The lowest BCUT2D eigenvalue weighted by molar-refractivity contribution is -0.116. The molecule has 0 bridgehead atoms. The first-order valence-corrected chi connectivity index (χ1v) is 5.76. The van der Waals surface area contributed by atoms with E-state index >= 15 is 0 Å². The van der Waals surface area contributed by atoms with Gasteiger partial charge in [-0.2, -0.15) is 0 Å². The van der Waals surface area contributed by atoms with Crippen LogP contribution in [0.25, 0.3) is 0 Å². The maximum Gasteiger partial charge on any atom is 0.236 e. The van der Waals surface area contributed by atoms with Gasteiger partial charge in [0.15, 0.2) is 0 Å². The molecule has 0 unspecified atom stereocenters. The van der Waals surface area contributed by atoms with Crippen molar-refractivity contribution in [1.82, 2.24) is 9.97 Å². The summed E-state index contributed by atoms with van der Waals surface area (Å²) >= 11 is 0. The highest BCUT2D eigenvalue weighted by molar-refractivity contribution is 5.79. The Balaban J connectivity index is 2.77. The van der Waals surface area contributed by atoms with Gasteiger partial charge in [0, 0.05) is 13.1 Å². The zero-order chi connectivity index (χ0) is 12.7. The van der Waals surface area contributed by atoms with Crippen LogP contribution in [0.4, 0.5) is 11.6 Å². The summed E-state index contributed by atoms with van der Waals surface area (Å²) in [7, 11) is 0. The maximum atomic E-state index is 10.9. The fraction of sp³-hybridized carbons (Fsp3) is 0.545. The number of hydrogen-bond donors (Lipinski definition) is 2. The number of nitrogens with zero attached hydrogens (tertiary/aromatic N) is 3. The lowest BCUT2D eigenvalue weighted by atomic mass is 10.4. The third-order valence-corrected chi connectivity index (χ3v) is 2.23.